The molecule has 0 spiro atoms. The van der Waals surface area contributed by atoms with E-state index in [-0.39, 0.29) is 0 Å². The second kappa shape index (κ2) is 5.77. The van der Waals surface area contributed by atoms with Crippen LogP contribution < -0.4 is 5.32 Å². The van der Waals surface area contributed by atoms with Crippen LogP contribution in [0.5, 0.6) is 0 Å². The van der Waals surface area contributed by atoms with Crippen molar-refractivity contribution in [3.63, 3.8) is 0 Å². The molecule has 0 aliphatic carbocycles. The van der Waals surface area contributed by atoms with Crippen molar-refractivity contribution in [2.75, 3.05) is 5.32 Å². The average molecular weight is 275 g/mol. The SMILES string of the molecule is CCc1nn(C)cc1CNc1ccc(Cl)cc1C#N. The van der Waals surface area contributed by atoms with Gasteiger partial charge in [-0.25, -0.2) is 0 Å². The third kappa shape index (κ3) is 3.07. The lowest BCUT2D eigenvalue weighted by Crippen LogP contribution is -2.02. The molecule has 0 amide bonds. The third-order valence-electron chi connectivity index (χ3n) is 2.90. The fourth-order valence-electron chi connectivity index (χ4n) is 1.98. The van der Waals surface area contributed by atoms with Crippen molar-refractivity contribution in [3.8, 4) is 6.07 Å². The van der Waals surface area contributed by atoms with Gasteiger partial charge in [0.15, 0.2) is 0 Å². The smallest absolute Gasteiger partial charge is 0.101 e. The van der Waals surface area contributed by atoms with Crippen molar-refractivity contribution in [2.24, 2.45) is 7.05 Å². The Hall–Kier alpha value is -1.99. The highest BCUT2D eigenvalue weighted by Crippen LogP contribution is 2.21. The van der Waals surface area contributed by atoms with Crippen LogP contribution in [0.15, 0.2) is 24.4 Å². The van der Waals surface area contributed by atoms with E-state index in [4.69, 9.17) is 16.9 Å². The first kappa shape index (κ1) is 13.4. The van der Waals surface area contributed by atoms with Crippen LogP contribution in [0.1, 0.15) is 23.7 Å². The zero-order chi connectivity index (χ0) is 13.8. The molecule has 19 heavy (non-hydrogen) atoms. The number of nitriles is 1. The molecule has 0 saturated carbocycles. The number of nitrogens with one attached hydrogen (secondary N) is 1. The van der Waals surface area contributed by atoms with Gasteiger partial charge in [0.05, 0.1) is 16.9 Å². The maximum Gasteiger partial charge on any atom is 0.101 e. The number of hydrogen-bond acceptors (Lipinski definition) is 3. The summed E-state index contributed by atoms with van der Waals surface area (Å²) >= 11 is 5.87. The van der Waals surface area contributed by atoms with Gasteiger partial charge in [-0.3, -0.25) is 4.68 Å². The average Bonchev–Trinajstić information content (AvgIpc) is 2.77. The summed E-state index contributed by atoms with van der Waals surface area (Å²) in [5, 5.41) is 17.3. The Labute approximate surface area is 117 Å². The highest BCUT2D eigenvalue weighted by Gasteiger charge is 2.07. The molecule has 0 unspecified atom stereocenters. The van der Waals surface area contributed by atoms with Gasteiger partial charge in [-0.2, -0.15) is 10.4 Å². The predicted octanol–water partition coefficient (Wildman–Crippen LogP) is 3.12. The standard InChI is InChI=1S/C14H15ClN4/c1-3-13-11(9-19(2)18-13)8-17-14-5-4-12(15)6-10(14)7-16/h4-6,9,17H,3,8H2,1-2H3. The van der Waals surface area contributed by atoms with Crippen LogP contribution >= 0.6 is 11.6 Å². The Balaban J connectivity index is 2.17. The molecule has 2 aromatic rings. The van der Waals surface area contributed by atoms with Gasteiger partial charge in [-0.15, -0.1) is 0 Å². The van der Waals surface area contributed by atoms with E-state index in [1.54, 1.807) is 12.1 Å². The molecule has 4 nitrogen and oxygen atoms in total. The molecule has 1 N–H and O–H groups in total. The van der Waals surface area contributed by atoms with Gasteiger partial charge in [0.2, 0.25) is 0 Å². The molecule has 0 bridgehead atoms. The van der Waals surface area contributed by atoms with E-state index in [1.165, 1.54) is 0 Å². The summed E-state index contributed by atoms with van der Waals surface area (Å²) in [5.74, 6) is 0. The summed E-state index contributed by atoms with van der Waals surface area (Å²) in [6.45, 7) is 2.72. The zero-order valence-corrected chi connectivity index (χ0v) is 11.7. The fraction of sp³-hybridized carbons (Fsp3) is 0.286. The lowest BCUT2D eigenvalue weighted by molar-refractivity contribution is 0.746. The van der Waals surface area contributed by atoms with E-state index >= 15 is 0 Å². The Bertz CT molecular complexity index is 625. The number of anilines is 1. The molecular formula is C14H15ClN4. The van der Waals surface area contributed by atoms with E-state index in [0.29, 0.717) is 17.1 Å². The first-order valence-corrected chi connectivity index (χ1v) is 6.46. The maximum absolute atomic E-state index is 9.08. The van der Waals surface area contributed by atoms with E-state index in [9.17, 15) is 0 Å². The topological polar surface area (TPSA) is 53.6 Å². The van der Waals surface area contributed by atoms with Crippen LogP contribution in [0.25, 0.3) is 0 Å². The number of halogens is 1. The largest absolute Gasteiger partial charge is 0.380 e. The van der Waals surface area contributed by atoms with Crippen LogP contribution in [-0.4, -0.2) is 9.78 Å². The summed E-state index contributed by atoms with van der Waals surface area (Å²) < 4.78 is 1.81. The highest BCUT2D eigenvalue weighted by atomic mass is 35.5. The zero-order valence-electron chi connectivity index (χ0n) is 10.9. The number of benzene rings is 1. The van der Waals surface area contributed by atoms with Gasteiger partial charge in [-0.1, -0.05) is 18.5 Å². The molecule has 0 aliphatic heterocycles. The van der Waals surface area contributed by atoms with E-state index in [1.807, 2.05) is 24.0 Å². The Morgan fingerprint density at radius 3 is 2.95 bits per heavy atom. The Morgan fingerprint density at radius 1 is 1.47 bits per heavy atom. The highest BCUT2D eigenvalue weighted by molar-refractivity contribution is 6.30. The van der Waals surface area contributed by atoms with Gasteiger partial charge in [0.1, 0.15) is 6.07 Å². The lowest BCUT2D eigenvalue weighted by Gasteiger charge is -2.08. The van der Waals surface area contributed by atoms with Crippen molar-refractivity contribution in [1.29, 1.82) is 5.26 Å². The van der Waals surface area contributed by atoms with Crippen molar-refractivity contribution in [1.82, 2.24) is 9.78 Å². The van der Waals surface area contributed by atoms with Gasteiger partial charge in [0, 0.05) is 30.4 Å². The second-order valence-corrected chi connectivity index (χ2v) is 4.72. The van der Waals surface area contributed by atoms with Crippen LogP contribution in [0.4, 0.5) is 5.69 Å². The van der Waals surface area contributed by atoms with Crippen molar-refractivity contribution >= 4 is 17.3 Å². The number of aromatic nitrogens is 2. The molecule has 1 aromatic carbocycles. The van der Waals surface area contributed by atoms with E-state index < -0.39 is 0 Å². The predicted molar refractivity (Wildman–Crippen MR) is 76.1 cm³/mol. The second-order valence-electron chi connectivity index (χ2n) is 4.28. The number of aryl methyl sites for hydroxylation is 2. The van der Waals surface area contributed by atoms with Gasteiger partial charge in [0.25, 0.3) is 0 Å². The molecule has 5 heteroatoms. The number of rotatable bonds is 4. The van der Waals surface area contributed by atoms with Gasteiger partial charge in [-0.05, 0) is 24.6 Å². The normalized spacial score (nSPS) is 10.2. The van der Waals surface area contributed by atoms with E-state index in [2.05, 4.69) is 23.4 Å². The molecule has 1 heterocycles. The quantitative estimate of drug-likeness (QED) is 0.932. The molecule has 98 valence electrons. The number of hydrogen-bond donors (Lipinski definition) is 1. The maximum atomic E-state index is 9.08. The minimum Gasteiger partial charge on any atom is -0.380 e. The Morgan fingerprint density at radius 2 is 2.26 bits per heavy atom. The summed E-state index contributed by atoms with van der Waals surface area (Å²) in [5.41, 5.74) is 3.55. The molecule has 0 atom stereocenters. The molecule has 0 fully saturated rings. The minimum absolute atomic E-state index is 0.550. The van der Waals surface area contributed by atoms with E-state index in [0.717, 1.165) is 23.4 Å². The Kier molecular flexibility index (Phi) is 4.08. The monoisotopic (exact) mass is 274 g/mol. The first-order chi connectivity index (χ1) is 9.13. The summed E-state index contributed by atoms with van der Waals surface area (Å²) in [4.78, 5) is 0. The molecule has 2 rings (SSSR count). The number of nitrogens with zero attached hydrogens (tertiary/aromatic N) is 3. The minimum atomic E-state index is 0.550. The van der Waals surface area contributed by atoms with Crippen LogP contribution in [0.2, 0.25) is 5.02 Å². The molecule has 0 radical (unpaired) electrons. The summed E-state index contributed by atoms with van der Waals surface area (Å²) in [6.07, 6.45) is 2.89. The molecule has 1 aromatic heterocycles. The van der Waals surface area contributed by atoms with Crippen molar-refractivity contribution < 1.29 is 0 Å². The van der Waals surface area contributed by atoms with Crippen LogP contribution in [0, 0.1) is 11.3 Å². The van der Waals surface area contributed by atoms with Gasteiger partial charge < -0.3 is 5.32 Å². The third-order valence-corrected chi connectivity index (χ3v) is 3.13. The summed E-state index contributed by atoms with van der Waals surface area (Å²) in [6, 6.07) is 7.39. The van der Waals surface area contributed by atoms with Crippen LogP contribution in [-0.2, 0) is 20.0 Å². The fourth-order valence-corrected chi connectivity index (χ4v) is 2.15. The summed E-state index contributed by atoms with van der Waals surface area (Å²) in [7, 11) is 1.91. The lowest BCUT2D eigenvalue weighted by atomic mass is 10.1. The molecule has 0 aliphatic rings. The molecule has 0 saturated heterocycles. The first-order valence-electron chi connectivity index (χ1n) is 6.09. The van der Waals surface area contributed by atoms with Crippen molar-refractivity contribution in [2.45, 2.75) is 19.9 Å². The van der Waals surface area contributed by atoms with Crippen molar-refractivity contribution in [3.05, 3.63) is 46.2 Å². The molecular weight excluding hydrogens is 260 g/mol. The van der Waals surface area contributed by atoms with Gasteiger partial charge >= 0.3 is 0 Å². The van der Waals surface area contributed by atoms with Crippen LogP contribution in [0.3, 0.4) is 0 Å².